The van der Waals surface area contributed by atoms with Gasteiger partial charge in [0.05, 0.1) is 48.3 Å². The van der Waals surface area contributed by atoms with Crippen molar-refractivity contribution >= 4 is 12.2 Å². The van der Waals surface area contributed by atoms with Gasteiger partial charge in [0.2, 0.25) is 0 Å². The Morgan fingerprint density at radius 3 is 2.77 bits per heavy atom. The molecule has 1 fully saturated rings. The molecule has 3 aromatic heterocycles. The third-order valence-electron chi connectivity index (χ3n) is 5.83. The topological polar surface area (TPSA) is 136 Å². The predicted molar refractivity (Wildman–Crippen MR) is 119 cm³/mol. The zero-order chi connectivity index (χ0) is 24.5. The van der Waals surface area contributed by atoms with Gasteiger partial charge in [0.25, 0.3) is 0 Å². The van der Waals surface area contributed by atoms with Crippen LogP contribution in [0.15, 0.2) is 42.0 Å². The van der Waals surface area contributed by atoms with Crippen molar-refractivity contribution in [3.63, 3.8) is 0 Å². The first-order chi connectivity index (χ1) is 17.0. The number of aryl methyl sites for hydroxylation is 1. The number of urea groups is 1. The van der Waals surface area contributed by atoms with Crippen LogP contribution in [0.1, 0.15) is 29.2 Å². The fourth-order valence-electron chi connectivity index (χ4n) is 4.03. The number of hydrogen-bond acceptors (Lipinski definition) is 8. The SMILES string of the molecule is Cn1ncc(C#N)c1-c1cc(OC2CN(C(=O)N3N=CC[C@H]3c3cncc(C#N)c3)C2)c(F)cn1. The standard InChI is InChI=1S/C23H18FN9O2/c1-31-22(16(7-26)10-30-31)19-5-21(18(24)11-28-19)35-17-12-32(13-17)23(34)33-20(2-3-29-33)15-4-14(6-25)8-27-9-15/h3-5,8-11,17,20H,2,12-13H2,1H3/t20-/m0/s1. The first-order valence-electron chi connectivity index (χ1n) is 10.7. The van der Waals surface area contributed by atoms with E-state index >= 15 is 0 Å². The second kappa shape index (κ2) is 8.83. The molecule has 11 nitrogen and oxygen atoms in total. The van der Waals surface area contributed by atoms with Crippen LogP contribution in [0.5, 0.6) is 5.75 Å². The first kappa shape index (κ1) is 22.0. The number of carbonyl (C=O) groups is 1. The molecule has 35 heavy (non-hydrogen) atoms. The molecule has 0 spiro atoms. The fourth-order valence-corrected chi connectivity index (χ4v) is 4.03. The van der Waals surface area contributed by atoms with Crippen molar-refractivity contribution in [2.45, 2.75) is 18.6 Å². The van der Waals surface area contributed by atoms with Crippen molar-refractivity contribution in [2.75, 3.05) is 13.1 Å². The van der Waals surface area contributed by atoms with Crippen LogP contribution in [-0.4, -0.2) is 61.1 Å². The van der Waals surface area contributed by atoms with E-state index in [2.05, 4.69) is 20.2 Å². The number of carbonyl (C=O) groups excluding carboxylic acids is 1. The van der Waals surface area contributed by atoms with Gasteiger partial charge >= 0.3 is 6.03 Å². The number of aromatic nitrogens is 4. The third-order valence-corrected chi connectivity index (χ3v) is 5.83. The smallest absolute Gasteiger partial charge is 0.341 e. The average molecular weight is 471 g/mol. The van der Waals surface area contributed by atoms with E-state index in [9.17, 15) is 14.4 Å². The van der Waals surface area contributed by atoms with E-state index in [-0.39, 0.29) is 30.9 Å². The molecule has 1 saturated heterocycles. The number of halogens is 1. The summed E-state index contributed by atoms with van der Waals surface area (Å²) in [5.41, 5.74) is 2.25. The molecule has 5 rings (SSSR count). The number of hydrogen-bond donors (Lipinski definition) is 0. The summed E-state index contributed by atoms with van der Waals surface area (Å²) in [7, 11) is 1.66. The number of nitrogens with zero attached hydrogens (tertiary/aromatic N) is 9. The lowest BCUT2D eigenvalue weighted by molar-refractivity contribution is 0.0257. The van der Waals surface area contributed by atoms with Crippen molar-refractivity contribution in [2.24, 2.45) is 12.1 Å². The molecular weight excluding hydrogens is 453 g/mol. The Morgan fingerprint density at radius 1 is 1.17 bits per heavy atom. The fraction of sp³-hybridized carbons (Fsp3) is 0.261. The zero-order valence-electron chi connectivity index (χ0n) is 18.5. The van der Waals surface area contributed by atoms with Gasteiger partial charge in [0.1, 0.15) is 23.9 Å². The lowest BCUT2D eigenvalue weighted by atomic mass is 10.1. The average Bonchev–Trinajstić information content (AvgIpc) is 3.48. The molecule has 3 aromatic rings. The normalized spacial score (nSPS) is 17.1. The second-order valence-corrected chi connectivity index (χ2v) is 8.08. The molecule has 174 valence electrons. The van der Waals surface area contributed by atoms with Crippen molar-refractivity contribution in [1.82, 2.24) is 29.7 Å². The highest BCUT2D eigenvalue weighted by atomic mass is 19.1. The van der Waals surface area contributed by atoms with Crippen LogP contribution in [0, 0.1) is 28.5 Å². The molecule has 2 aliphatic rings. The molecule has 0 aromatic carbocycles. The molecule has 2 aliphatic heterocycles. The van der Waals surface area contributed by atoms with Crippen LogP contribution in [-0.2, 0) is 7.05 Å². The zero-order valence-corrected chi connectivity index (χ0v) is 18.5. The van der Waals surface area contributed by atoms with E-state index < -0.39 is 11.9 Å². The van der Waals surface area contributed by atoms with Crippen LogP contribution >= 0.6 is 0 Å². The quantitative estimate of drug-likeness (QED) is 0.570. The van der Waals surface area contributed by atoms with Crippen LogP contribution in [0.3, 0.4) is 0 Å². The number of ether oxygens (including phenoxy) is 1. The number of likely N-dealkylation sites (tertiary alicyclic amines) is 1. The minimum Gasteiger partial charge on any atom is -0.483 e. The number of pyridine rings is 2. The van der Waals surface area contributed by atoms with Crippen LogP contribution < -0.4 is 4.74 Å². The van der Waals surface area contributed by atoms with Gasteiger partial charge in [-0.25, -0.2) is 14.2 Å². The Labute approximate surface area is 199 Å². The van der Waals surface area contributed by atoms with E-state index in [1.165, 1.54) is 28.2 Å². The van der Waals surface area contributed by atoms with Crippen molar-refractivity contribution in [3.8, 4) is 29.3 Å². The van der Waals surface area contributed by atoms with Gasteiger partial charge in [-0.15, -0.1) is 0 Å². The van der Waals surface area contributed by atoms with Gasteiger partial charge in [-0.1, -0.05) is 0 Å². The first-order valence-corrected chi connectivity index (χ1v) is 10.7. The molecule has 0 saturated carbocycles. The van der Waals surface area contributed by atoms with Gasteiger partial charge in [0, 0.05) is 38.1 Å². The summed E-state index contributed by atoms with van der Waals surface area (Å²) in [6, 6.07) is 6.54. The summed E-state index contributed by atoms with van der Waals surface area (Å²) in [6.07, 6.45) is 7.27. The monoisotopic (exact) mass is 471 g/mol. The van der Waals surface area contributed by atoms with Crippen molar-refractivity contribution < 1.29 is 13.9 Å². The lowest BCUT2D eigenvalue weighted by Gasteiger charge is -2.41. The summed E-state index contributed by atoms with van der Waals surface area (Å²) >= 11 is 0. The Hall–Kier alpha value is -4.84. The Kier molecular flexibility index (Phi) is 5.55. The third kappa shape index (κ3) is 4.02. The Balaban J connectivity index is 1.25. The van der Waals surface area contributed by atoms with Crippen molar-refractivity contribution in [1.29, 1.82) is 10.5 Å². The molecule has 0 bridgehead atoms. The summed E-state index contributed by atoms with van der Waals surface area (Å²) in [5, 5.41) is 28.0. The van der Waals surface area contributed by atoms with Gasteiger partial charge < -0.3 is 9.64 Å². The van der Waals surface area contributed by atoms with Gasteiger partial charge in [-0.3, -0.25) is 14.6 Å². The van der Waals surface area contributed by atoms with Gasteiger partial charge in [0.15, 0.2) is 11.6 Å². The van der Waals surface area contributed by atoms with Crippen LogP contribution in [0.2, 0.25) is 0 Å². The number of amides is 2. The Bertz CT molecular complexity index is 1420. The molecule has 2 amide bonds. The number of rotatable bonds is 4. The number of hydrazone groups is 1. The second-order valence-electron chi connectivity index (χ2n) is 8.08. The van der Waals surface area contributed by atoms with E-state index in [0.29, 0.717) is 28.9 Å². The van der Waals surface area contributed by atoms with E-state index in [4.69, 9.17) is 10.00 Å². The molecule has 0 N–H and O–H groups in total. The van der Waals surface area contributed by atoms with E-state index in [1.807, 2.05) is 12.1 Å². The van der Waals surface area contributed by atoms with E-state index in [1.54, 1.807) is 30.4 Å². The minimum atomic E-state index is -0.645. The summed E-state index contributed by atoms with van der Waals surface area (Å²) in [5.74, 6) is -0.665. The highest BCUT2D eigenvalue weighted by molar-refractivity contribution is 5.79. The maximum atomic E-state index is 14.4. The number of nitriles is 2. The summed E-state index contributed by atoms with van der Waals surface area (Å²) in [4.78, 5) is 22.7. The maximum Gasteiger partial charge on any atom is 0.341 e. The highest BCUT2D eigenvalue weighted by Gasteiger charge is 2.39. The van der Waals surface area contributed by atoms with Gasteiger partial charge in [-0.2, -0.15) is 20.7 Å². The largest absolute Gasteiger partial charge is 0.483 e. The molecule has 12 heteroatoms. The van der Waals surface area contributed by atoms with E-state index in [0.717, 1.165) is 11.8 Å². The molecule has 0 aliphatic carbocycles. The predicted octanol–water partition coefficient (Wildman–Crippen LogP) is 2.38. The lowest BCUT2D eigenvalue weighted by Crippen LogP contribution is -2.58. The van der Waals surface area contributed by atoms with Crippen LogP contribution in [0.4, 0.5) is 9.18 Å². The molecule has 1 atom stereocenters. The van der Waals surface area contributed by atoms with Gasteiger partial charge in [-0.05, 0) is 11.6 Å². The summed E-state index contributed by atoms with van der Waals surface area (Å²) < 4.78 is 21.7. The van der Waals surface area contributed by atoms with Crippen LogP contribution in [0.25, 0.3) is 11.4 Å². The minimum absolute atomic E-state index is 0.0198. The molecule has 0 unspecified atom stereocenters. The van der Waals surface area contributed by atoms with Crippen molar-refractivity contribution in [3.05, 3.63) is 59.4 Å². The highest BCUT2D eigenvalue weighted by Crippen LogP contribution is 2.32. The molecule has 0 radical (unpaired) electrons. The summed E-state index contributed by atoms with van der Waals surface area (Å²) in [6.45, 7) is 0.501. The molecular formula is C23H18FN9O2. The Morgan fingerprint density at radius 2 is 2.00 bits per heavy atom. The maximum absolute atomic E-state index is 14.4. The molecule has 5 heterocycles.